The van der Waals surface area contributed by atoms with Gasteiger partial charge in [-0.1, -0.05) is 6.07 Å². The third kappa shape index (κ3) is 3.81. The number of ether oxygens (including phenoxy) is 1. The monoisotopic (exact) mass is 352 g/mol. The lowest BCUT2D eigenvalue weighted by Crippen LogP contribution is -2.21. The number of aromatic nitrogens is 3. The van der Waals surface area contributed by atoms with Gasteiger partial charge >= 0.3 is 0 Å². The Bertz CT molecular complexity index is 685. The highest BCUT2D eigenvalue weighted by Crippen LogP contribution is 2.20. The van der Waals surface area contributed by atoms with E-state index in [4.69, 9.17) is 4.74 Å². The molecular weight excluding hydrogens is 336 g/mol. The lowest BCUT2D eigenvalue weighted by atomic mass is 10.2. The lowest BCUT2D eigenvalue weighted by molar-refractivity contribution is 0.230. The minimum atomic E-state index is -0.190. The zero-order valence-corrected chi connectivity index (χ0v) is 13.7. The molecule has 7 heteroatoms. The fourth-order valence-corrected chi connectivity index (χ4v) is 2.21. The summed E-state index contributed by atoms with van der Waals surface area (Å²) in [5.41, 5.74) is 1.36. The summed E-state index contributed by atoms with van der Waals surface area (Å²) < 4.78 is 7.39. The molecule has 0 spiro atoms. The summed E-state index contributed by atoms with van der Waals surface area (Å²) in [5.74, 6) is 0.591. The van der Waals surface area contributed by atoms with Crippen LogP contribution in [0.2, 0.25) is 0 Å². The fraction of sp³-hybridized carbons (Fsp3) is 0.357. The largest absolute Gasteiger partial charge is 0.475 e. The molecule has 0 saturated heterocycles. The smallest absolute Gasteiger partial charge is 0.282 e. The predicted octanol–water partition coefficient (Wildman–Crippen LogP) is 2.34. The third-order valence-corrected chi connectivity index (χ3v) is 3.51. The Morgan fingerprint density at radius 2 is 2.24 bits per heavy atom. The molecule has 0 aromatic carbocycles. The van der Waals surface area contributed by atoms with E-state index in [-0.39, 0.29) is 11.7 Å². The van der Waals surface area contributed by atoms with E-state index in [0.717, 1.165) is 5.56 Å². The molecule has 2 aromatic heterocycles. The van der Waals surface area contributed by atoms with Crippen LogP contribution < -0.4 is 15.6 Å². The third-order valence-electron chi connectivity index (χ3n) is 2.74. The number of nitrogens with one attached hydrogen (secondary N) is 1. The number of pyridine rings is 1. The van der Waals surface area contributed by atoms with Crippen molar-refractivity contribution in [1.29, 1.82) is 0 Å². The van der Waals surface area contributed by atoms with Gasteiger partial charge in [-0.15, -0.1) is 0 Å². The molecule has 0 amide bonds. The summed E-state index contributed by atoms with van der Waals surface area (Å²) in [6.45, 7) is 4.39. The second-order valence-electron chi connectivity index (χ2n) is 4.79. The van der Waals surface area contributed by atoms with Gasteiger partial charge in [-0.25, -0.2) is 9.67 Å². The van der Waals surface area contributed by atoms with Crippen molar-refractivity contribution in [2.45, 2.75) is 26.5 Å². The van der Waals surface area contributed by atoms with Crippen molar-refractivity contribution in [3.8, 4) is 5.88 Å². The van der Waals surface area contributed by atoms with Crippen molar-refractivity contribution in [3.05, 3.63) is 44.9 Å². The van der Waals surface area contributed by atoms with Gasteiger partial charge in [0.15, 0.2) is 0 Å². The van der Waals surface area contributed by atoms with Crippen LogP contribution in [0.5, 0.6) is 5.88 Å². The van der Waals surface area contributed by atoms with Crippen LogP contribution in [-0.2, 0) is 13.6 Å². The lowest BCUT2D eigenvalue weighted by Gasteiger charge is -2.14. The number of hydrogen-bond acceptors (Lipinski definition) is 5. The molecule has 21 heavy (non-hydrogen) atoms. The molecule has 2 aromatic rings. The van der Waals surface area contributed by atoms with Gasteiger partial charge < -0.3 is 10.1 Å². The van der Waals surface area contributed by atoms with Crippen molar-refractivity contribution in [1.82, 2.24) is 14.8 Å². The van der Waals surface area contributed by atoms with E-state index >= 15 is 0 Å². The maximum atomic E-state index is 11.8. The first kappa shape index (κ1) is 15.5. The summed E-state index contributed by atoms with van der Waals surface area (Å²) in [7, 11) is 1.60. The number of rotatable bonds is 5. The molecule has 0 aliphatic heterocycles. The minimum Gasteiger partial charge on any atom is -0.475 e. The average Bonchev–Trinajstić information content (AvgIpc) is 2.45. The summed E-state index contributed by atoms with van der Waals surface area (Å²) in [5, 5.41) is 7.16. The van der Waals surface area contributed by atoms with Crippen molar-refractivity contribution >= 4 is 21.6 Å². The molecule has 0 radical (unpaired) electrons. The van der Waals surface area contributed by atoms with Crippen molar-refractivity contribution in [3.63, 3.8) is 0 Å². The number of anilines is 1. The number of halogens is 1. The van der Waals surface area contributed by atoms with Gasteiger partial charge in [-0.2, -0.15) is 5.10 Å². The van der Waals surface area contributed by atoms with Gasteiger partial charge in [-0.3, -0.25) is 4.79 Å². The molecule has 0 aliphatic carbocycles. The molecule has 0 atom stereocenters. The first-order valence-electron chi connectivity index (χ1n) is 6.55. The number of hydrogen-bond donors (Lipinski definition) is 1. The quantitative estimate of drug-likeness (QED) is 0.894. The molecule has 0 bridgehead atoms. The van der Waals surface area contributed by atoms with Gasteiger partial charge in [0.05, 0.1) is 18.0 Å². The van der Waals surface area contributed by atoms with Crippen LogP contribution in [0.15, 0.2) is 33.8 Å². The molecular formula is C14H17BrN4O2. The molecule has 2 heterocycles. The Balaban J connectivity index is 2.17. The van der Waals surface area contributed by atoms with Crippen molar-refractivity contribution in [2.75, 3.05) is 5.32 Å². The Hall–Kier alpha value is -1.89. The Morgan fingerprint density at radius 3 is 2.95 bits per heavy atom. The van der Waals surface area contributed by atoms with Gasteiger partial charge in [0.25, 0.3) is 5.56 Å². The van der Waals surface area contributed by atoms with Gasteiger partial charge in [0, 0.05) is 25.4 Å². The Morgan fingerprint density at radius 1 is 1.48 bits per heavy atom. The molecule has 0 unspecified atom stereocenters. The highest BCUT2D eigenvalue weighted by Gasteiger charge is 2.09. The van der Waals surface area contributed by atoms with Gasteiger partial charge in [0.2, 0.25) is 5.88 Å². The van der Waals surface area contributed by atoms with E-state index in [0.29, 0.717) is 22.6 Å². The average molecular weight is 353 g/mol. The normalized spacial score (nSPS) is 10.7. The zero-order valence-electron chi connectivity index (χ0n) is 12.1. The number of aryl methyl sites for hydroxylation is 1. The maximum Gasteiger partial charge on any atom is 0.282 e. The zero-order chi connectivity index (χ0) is 15.4. The van der Waals surface area contributed by atoms with E-state index in [2.05, 4.69) is 31.3 Å². The molecule has 0 fully saturated rings. The number of nitrogens with zero attached hydrogens (tertiary/aromatic N) is 3. The topological polar surface area (TPSA) is 69.0 Å². The van der Waals surface area contributed by atoms with Gasteiger partial charge in [0.1, 0.15) is 4.47 Å². The summed E-state index contributed by atoms with van der Waals surface area (Å²) in [4.78, 5) is 16.0. The van der Waals surface area contributed by atoms with Crippen LogP contribution >= 0.6 is 15.9 Å². The van der Waals surface area contributed by atoms with Crippen molar-refractivity contribution < 1.29 is 4.74 Å². The van der Waals surface area contributed by atoms with Gasteiger partial charge in [-0.05, 0) is 35.8 Å². The SMILES string of the molecule is CC(C)Oc1ncccc1CNc1cnn(C)c(=O)c1Br. The highest BCUT2D eigenvalue weighted by molar-refractivity contribution is 9.10. The molecule has 0 saturated carbocycles. The van der Waals surface area contributed by atoms with E-state index in [9.17, 15) is 4.79 Å². The Kier molecular flexibility index (Phi) is 4.95. The summed E-state index contributed by atoms with van der Waals surface area (Å²) in [6.07, 6.45) is 3.35. The first-order valence-corrected chi connectivity index (χ1v) is 7.34. The molecule has 112 valence electrons. The molecule has 0 aliphatic rings. The van der Waals surface area contributed by atoms with Crippen LogP contribution in [0, 0.1) is 0 Å². The maximum absolute atomic E-state index is 11.8. The van der Waals surface area contributed by atoms with Crippen LogP contribution in [0.25, 0.3) is 0 Å². The second kappa shape index (κ2) is 6.71. The predicted molar refractivity (Wildman–Crippen MR) is 84.5 cm³/mol. The Labute approximate surface area is 131 Å². The highest BCUT2D eigenvalue weighted by atomic mass is 79.9. The van der Waals surface area contributed by atoms with Crippen LogP contribution in [0.1, 0.15) is 19.4 Å². The van der Waals surface area contributed by atoms with E-state index in [1.807, 2.05) is 26.0 Å². The molecule has 6 nitrogen and oxygen atoms in total. The van der Waals surface area contributed by atoms with Crippen LogP contribution in [0.4, 0.5) is 5.69 Å². The first-order chi connectivity index (χ1) is 9.99. The van der Waals surface area contributed by atoms with E-state index in [1.54, 1.807) is 19.4 Å². The molecule has 2 rings (SSSR count). The second-order valence-corrected chi connectivity index (χ2v) is 5.58. The summed E-state index contributed by atoms with van der Waals surface area (Å²) in [6, 6.07) is 3.78. The fourth-order valence-electron chi connectivity index (χ4n) is 1.71. The standard InChI is InChI=1S/C14H17BrN4O2/c1-9(2)21-13-10(5-4-6-16-13)7-17-11-8-18-19(3)14(20)12(11)15/h4-6,8-9,17H,7H2,1-3H3. The summed E-state index contributed by atoms with van der Waals surface area (Å²) >= 11 is 3.28. The van der Waals surface area contributed by atoms with Crippen LogP contribution in [-0.4, -0.2) is 20.9 Å². The van der Waals surface area contributed by atoms with Crippen molar-refractivity contribution in [2.24, 2.45) is 7.05 Å². The van der Waals surface area contributed by atoms with E-state index < -0.39 is 0 Å². The van der Waals surface area contributed by atoms with E-state index in [1.165, 1.54) is 4.68 Å². The van der Waals surface area contributed by atoms with Crippen LogP contribution in [0.3, 0.4) is 0 Å². The minimum absolute atomic E-state index is 0.0519. The molecule has 1 N–H and O–H groups in total.